The van der Waals surface area contributed by atoms with Gasteiger partial charge in [0.05, 0.1) is 6.04 Å². The van der Waals surface area contributed by atoms with E-state index in [0.717, 1.165) is 34.1 Å². The molecule has 1 heterocycles. The van der Waals surface area contributed by atoms with E-state index in [9.17, 15) is 14.4 Å². The highest BCUT2D eigenvalue weighted by molar-refractivity contribution is 6.09. The van der Waals surface area contributed by atoms with Crippen LogP contribution >= 0.6 is 12.4 Å². The van der Waals surface area contributed by atoms with Crippen molar-refractivity contribution in [1.82, 2.24) is 15.5 Å². The fourth-order valence-corrected chi connectivity index (χ4v) is 3.88. The Morgan fingerprint density at radius 1 is 1.24 bits per heavy atom. The summed E-state index contributed by atoms with van der Waals surface area (Å²) in [5, 5.41) is 7.76. The lowest BCUT2D eigenvalue weighted by atomic mass is 9.96. The van der Waals surface area contributed by atoms with Crippen LogP contribution in [0.15, 0.2) is 42.5 Å². The maximum absolute atomic E-state index is 12.7. The number of urea groups is 1. The summed E-state index contributed by atoms with van der Waals surface area (Å²) in [7, 11) is 0. The molecule has 7 nitrogen and oxygen atoms in total. The van der Waals surface area contributed by atoms with Gasteiger partial charge in [-0.15, -0.1) is 12.4 Å². The fraction of sp³-hybridized carbons (Fsp3) is 0.381. The summed E-state index contributed by atoms with van der Waals surface area (Å²) in [6.45, 7) is 1.64. The van der Waals surface area contributed by atoms with Crippen LogP contribution in [0.2, 0.25) is 0 Å². The van der Waals surface area contributed by atoms with E-state index in [4.69, 9.17) is 5.73 Å². The number of halogens is 1. The van der Waals surface area contributed by atoms with E-state index in [2.05, 4.69) is 10.6 Å². The number of rotatable bonds is 6. The second kappa shape index (κ2) is 8.00. The van der Waals surface area contributed by atoms with Crippen LogP contribution in [0.1, 0.15) is 31.4 Å². The van der Waals surface area contributed by atoms with E-state index in [0.29, 0.717) is 0 Å². The predicted octanol–water partition coefficient (Wildman–Crippen LogP) is 2.10. The first kappa shape index (κ1) is 21.1. The number of hydrogen-bond donors (Lipinski definition) is 3. The molecule has 0 radical (unpaired) electrons. The number of nitrogens with one attached hydrogen (secondary N) is 2. The van der Waals surface area contributed by atoms with Crippen LogP contribution in [-0.2, 0) is 9.59 Å². The summed E-state index contributed by atoms with van der Waals surface area (Å²) in [6, 6.07) is 12.9. The van der Waals surface area contributed by atoms with Gasteiger partial charge in [0, 0.05) is 6.54 Å². The molecule has 2 aliphatic rings. The molecule has 29 heavy (non-hydrogen) atoms. The molecule has 2 atom stereocenters. The monoisotopic (exact) mass is 416 g/mol. The van der Waals surface area contributed by atoms with Crippen molar-refractivity contribution in [3.8, 4) is 0 Å². The zero-order chi connectivity index (χ0) is 19.9. The third-order valence-corrected chi connectivity index (χ3v) is 5.74. The molecular formula is C21H25ClN4O3. The topological polar surface area (TPSA) is 105 Å². The Labute approximate surface area is 175 Å². The Morgan fingerprint density at radius 3 is 2.59 bits per heavy atom. The van der Waals surface area contributed by atoms with Gasteiger partial charge in [0.2, 0.25) is 5.91 Å². The highest BCUT2D eigenvalue weighted by Gasteiger charge is 2.56. The molecule has 4 amide bonds. The van der Waals surface area contributed by atoms with E-state index in [1.165, 1.54) is 0 Å². The van der Waals surface area contributed by atoms with Crippen LogP contribution in [0.4, 0.5) is 4.79 Å². The van der Waals surface area contributed by atoms with Gasteiger partial charge in [-0.25, -0.2) is 4.79 Å². The number of carbonyl (C=O) groups is 3. The molecule has 2 aromatic rings. The van der Waals surface area contributed by atoms with Crippen LogP contribution in [-0.4, -0.2) is 41.4 Å². The van der Waals surface area contributed by atoms with E-state index >= 15 is 0 Å². The number of nitrogens with zero attached hydrogens (tertiary/aromatic N) is 1. The van der Waals surface area contributed by atoms with Gasteiger partial charge < -0.3 is 16.4 Å². The van der Waals surface area contributed by atoms with Crippen molar-refractivity contribution in [2.45, 2.75) is 31.3 Å². The number of fused-ring (bicyclic) bond motifs is 1. The predicted molar refractivity (Wildman–Crippen MR) is 113 cm³/mol. The van der Waals surface area contributed by atoms with E-state index in [-0.39, 0.29) is 37.3 Å². The number of imide groups is 1. The van der Waals surface area contributed by atoms with E-state index in [1.807, 2.05) is 42.5 Å². The molecule has 1 aliphatic carbocycles. The Hall–Kier alpha value is -2.64. The largest absolute Gasteiger partial charge is 0.346 e. The van der Waals surface area contributed by atoms with Gasteiger partial charge in [0.15, 0.2) is 0 Å². The molecular weight excluding hydrogens is 392 g/mol. The first-order chi connectivity index (χ1) is 13.4. The molecule has 154 valence electrons. The van der Waals surface area contributed by atoms with Gasteiger partial charge in [0.25, 0.3) is 5.91 Å². The Kier molecular flexibility index (Phi) is 5.82. The number of nitrogens with two attached hydrogens (primary N) is 1. The van der Waals surface area contributed by atoms with Crippen molar-refractivity contribution >= 4 is 41.0 Å². The summed E-state index contributed by atoms with van der Waals surface area (Å²) in [6.07, 6.45) is 1.83. The van der Waals surface area contributed by atoms with Crippen LogP contribution in [0, 0.1) is 5.92 Å². The maximum atomic E-state index is 12.7. The highest BCUT2D eigenvalue weighted by atomic mass is 35.5. The number of hydrogen-bond acceptors (Lipinski definition) is 4. The van der Waals surface area contributed by atoms with Crippen LogP contribution in [0.5, 0.6) is 0 Å². The maximum Gasteiger partial charge on any atom is 0.325 e. The first-order valence-corrected chi connectivity index (χ1v) is 9.54. The molecule has 0 spiro atoms. The van der Waals surface area contributed by atoms with Crippen molar-refractivity contribution < 1.29 is 14.4 Å². The Bertz CT molecular complexity index is 962. The molecule has 2 fully saturated rings. The standard InChI is InChI=1S/C21H24N4O3.ClH/c1-21(16-8-9-16)19(27)25(20(28)24-21)12-18(26)23-17(11-22)15-7-6-13-4-2-3-5-14(13)10-15;/h2-7,10,16-17H,8-9,11-12,22H2,1H3,(H,23,26)(H,24,28);1H. The van der Waals surface area contributed by atoms with Crippen LogP contribution in [0.25, 0.3) is 10.8 Å². The summed E-state index contributed by atoms with van der Waals surface area (Å²) in [4.78, 5) is 38.4. The molecule has 8 heteroatoms. The van der Waals surface area contributed by atoms with E-state index in [1.54, 1.807) is 6.92 Å². The fourth-order valence-electron chi connectivity index (χ4n) is 3.88. The van der Waals surface area contributed by atoms with Gasteiger partial charge >= 0.3 is 6.03 Å². The highest BCUT2D eigenvalue weighted by Crippen LogP contribution is 2.42. The van der Waals surface area contributed by atoms with Gasteiger partial charge in [-0.1, -0.05) is 36.4 Å². The van der Waals surface area contributed by atoms with Crippen LogP contribution < -0.4 is 16.4 Å². The zero-order valence-electron chi connectivity index (χ0n) is 16.2. The van der Waals surface area contributed by atoms with Crippen molar-refractivity contribution in [3.05, 3.63) is 48.0 Å². The Morgan fingerprint density at radius 2 is 1.93 bits per heavy atom. The Balaban J connectivity index is 0.00000240. The van der Waals surface area contributed by atoms with Crippen molar-refractivity contribution in [2.75, 3.05) is 13.1 Å². The van der Waals surface area contributed by atoms with Gasteiger partial charge in [-0.2, -0.15) is 0 Å². The summed E-state index contributed by atoms with van der Waals surface area (Å²) in [5.41, 5.74) is 5.87. The number of amides is 4. The van der Waals surface area contributed by atoms with Crippen molar-refractivity contribution in [1.29, 1.82) is 0 Å². The average molecular weight is 417 g/mol. The zero-order valence-corrected chi connectivity index (χ0v) is 17.0. The smallest absolute Gasteiger partial charge is 0.325 e. The summed E-state index contributed by atoms with van der Waals surface area (Å²) >= 11 is 0. The lowest BCUT2D eigenvalue weighted by Gasteiger charge is -2.22. The molecule has 0 bridgehead atoms. The lowest BCUT2D eigenvalue weighted by molar-refractivity contribution is -0.135. The first-order valence-electron chi connectivity index (χ1n) is 9.54. The molecule has 1 saturated carbocycles. The normalized spacial score (nSPS) is 22.2. The minimum atomic E-state index is -0.886. The lowest BCUT2D eigenvalue weighted by Crippen LogP contribution is -2.47. The second-order valence-electron chi connectivity index (χ2n) is 7.76. The quantitative estimate of drug-likeness (QED) is 0.627. The summed E-state index contributed by atoms with van der Waals surface area (Å²) in [5.74, 6) is -0.580. The molecule has 0 aromatic heterocycles. The third kappa shape index (κ3) is 3.93. The third-order valence-electron chi connectivity index (χ3n) is 5.74. The van der Waals surface area contributed by atoms with Gasteiger partial charge in [-0.3, -0.25) is 14.5 Å². The molecule has 1 saturated heterocycles. The minimum absolute atomic E-state index is 0. The van der Waals surface area contributed by atoms with E-state index < -0.39 is 23.5 Å². The SMILES string of the molecule is CC1(C2CC2)NC(=O)N(CC(=O)NC(CN)c2ccc3ccccc3c2)C1=O.Cl. The minimum Gasteiger partial charge on any atom is -0.346 e. The number of benzene rings is 2. The molecule has 2 aromatic carbocycles. The molecule has 1 aliphatic heterocycles. The van der Waals surface area contributed by atoms with Crippen LogP contribution in [0.3, 0.4) is 0 Å². The average Bonchev–Trinajstić information content (AvgIpc) is 3.52. The number of carbonyl (C=O) groups excluding carboxylic acids is 3. The molecule has 2 unspecified atom stereocenters. The molecule has 4 rings (SSSR count). The van der Waals surface area contributed by atoms with Crippen molar-refractivity contribution in [2.24, 2.45) is 11.7 Å². The van der Waals surface area contributed by atoms with Gasteiger partial charge in [0.1, 0.15) is 12.1 Å². The van der Waals surface area contributed by atoms with Gasteiger partial charge in [-0.05, 0) is 48.1 Å². The molecule has 4 N–H and O–H groups in total. The summed E-state index contributed by atoms with van der Waals surface area (Å²) < 4.78 is 0. The van der Waals surface area contributed by atoms with Crippen molar-refractivity contribution in [3.63, 3.8) is 0 Å². The second-order valence-corrected chi connectivity index (χ2v) is 7.76.